The number of hydrogen-bond donors (Lipinski definition) is 2. The summed E-state index contributed by atoms with van der Waals surface area (Å²) in [6.07, 6.45) is 0.776. The van der Waals surface area contributed by atoms with Crippen molar-refractivity contribution in [2.45, 2.75) is 25.8 Å². The molecule has 1 unspecified atom stereocenters. The Balaban J connectivity index is 2.45. The van der Waals surface area contributed by atoms with Crippen molar-refractivity contribution in [1.29, 1.82) is 5.26 Å². The summed E-state index contributed by atoms with van der Waals surface area (Å²) in [6.45, 7) is 4.34. The largest absolute Gasteiger partial charge is 0.491 e. The van der Waals surface area contributed by atoms with Crippen LogP contribution in [-0.4, -0.2) is 31.4 Å². The summed E-state index contributed by atoms with van der Waals surface area (Å²) in [4.78, 5) is 12.2. The molecule has 2 rings (SSSR count). The minimum Gasteiger partial charge on any atom is -0.491 e. The maximum absolute atomic E-state index is 12.2. The van der Waals surface area contributed by atoms with E-state index in [1.807, 2.05) is 25.1 Å². The van der Waals surface area contributed by atoms with E-state index in [-0.39, 0.29) is 0 Å². The molecule has 27 heavy (non-hydrogen) atoms. The van der Waals surface area contributed by atoms with Gasteiger partial charge in [0.1, 0.15) is 12.4 Å². The van der Waals surface area contributed by atoms with E-state index < -0.39 is 11.5 Å². The number of carboxylic acids is 1. The molecule has 0 bridgehead atoms. The second kappa shape index (κ2) is 9.06. The summed E-state index contributed by atoms with van der Waals surface area (Å²) in [6, 6.07) is 14.3. The molecule has 0 aliphatic heterocycles. The zero-order valence-electron chi connectivity index (χ0n) is 15.8. The van der Waals surface area contributed by atoms with Crippen LogP contribution < -0.4 is 10.1 Å². The molecular formula is C21H24N2O4. The van der Waals surface area contributed by atoms with Gasteiger partial charge in [-0.3, -0.25) is 0 Å². The van der Waals surface area contributed by atoms with Crippen molar-refractivity contribution in [3.05, 3.63) is 59.2 Å². The molecule has 142 valence electrons. The number of rotatable bonds is 9. The molecule has 0 fully saturated rings. The SMILES string of the molecule is CCc1ccc(OCCOC)c(C(C)(Nc2ccc(C#N)cc2)C(=O)O)c1. The highest BCUT2D eigenvalue weighted by Gasteiger charge is 2.38. The highest BCUT2D eigenvalue weighted by Crippen LogP contribution is 2.34. The van der Waals surface area contributed by atoms with Crippen molar-refractivity contribution in [2.24, 2.45) is 0 Å². The monoisotopic (exact) mass is 368 g/mol. The minimum atomic E-state index is -1.41. The Labute approximate surface area is 159 Å². The first kappa shape index (κ1) is 20.3. The van der Waals surface area contributed by atoms with Gasteiger partial charge in [0.25, 0.3) is 0 Å². The van der Waals surface area contributed by atoms with Gasteiger partial charge in [0.15, 0.2) is 5.54 Å². The van der Waals surface area contributed by atoms with Gasteiger partial charge in [-0.25, -0.2) is 4.79 Å². The number of methoxy groups -OCH3 is 1. The Bertz CT molecular complexity index is 827. The van der Waals surface area contributed by atoms with Crippen LogP contribution in [0.2, 0.25) is 0 Å². The lowest BCUT2D eigenvalue weighted by molar-refractivity contribution is -0.142. The highest BCUT2D eigenvalue weighted by atomic mass is 16.5. The smallest absolute Gasteiger partial charge is 0.333 e. The average Bonchev–Trinajstić information content (AvgIpc) is 2.68. The number of nitrogens with one attached hydrogen (secondary N) is 1. The fourth-order valence-electron chi connectivity index (χ4n) is 2.70. The maximum Gasteiger partial charge on any atom is 0.333 e. The normalized spacial score (nSPS) is 12.7. The number of nitriles is 1. The molecule has 0 saturated heterocycles. The second-order valence-electron chi connectivity index (χ2n) is 6.27. The van der Waals surface area contributed by atoms with Crippen molar-refractivity contribution in [2.75, 3.05) is 25.6 Å². The second-order valence-corrected chi connectivity index (χ2v) is 6.27. The Morgan fingerprint density at radius 3 is 2.48 bits per heavy atom. The summed E-state index contributed by atoms with van der Waals surface area (Å²) in [7, 11) is 1.58. The van der Waals surface area contributed by atoms with Crippen molar-refractivity contribution in [3.63, 3.8) is 0 Å². The van der Waals surface area contributed by atoms with Crippen molar-refractivity contribution in [3.8, 4) is 11.8 Å². The lowest BCUT2D eigenvalue weighted by Gasteiger charge is -2.30. The Kier molecular flexibility index (Phi) is 6.80. The molecule has 0 aliphatic carbocycles. The molecule has 0 heterocycles. The van der Waals surface area contributed by atoms with Crippen LogP contribution in [-0.2, 0) is 21.5 Å². The molecule has 2 aromatic carbocycles. The van der Waals surface area contributed by atoms with Crippen LogP contribution in [0.25, 0.3) is 0 Å². The fourth-order valence-corrected chi connectivity index (χ4v) is 2.70. The van der Waals surface area contributed by atoms with Crippen molar-refractivity contribution >= 4 is 11.7 Å². The summed E-state index contributed by atoms with van der Waals surface area (Å²) in [5.41, 5.74) is 1.24. The number of hydrogen-bond acceptors (Lipinski definition) is 5. The van der Waals surface area contributed by atoms with Gasteiger partial charge in [-0.2, -0.15) is 5.26 Å². The number of aryl methyl sites for hydroxylation is 1. The van der Waals surface area contributed by atoms with Gasteiger partial charge in [-0.15, -0.1) is 0 Å². The van der Waals surface area contributed by atoms with E-state index >= 15 is 0 Å². The number of anilines is 1. The lowest BCUT2D eigenvalue weighted by atomic mass is 9.89. The van der Waals surface area contributed by atoms with E-state index in [0.717, 1.165) is 12.0 Å². The van der Waals surface area contributed by atoms with E-state index in [4.69, 9.17) is 14.7 Å². The Hall–Kier alpha value is -3.04. The maximum atomic E-state index is 12.2. The van der Waals surface area contributed by atoms with Crippen molar-refractivity contribution < 1.29 is 19.4 Å². The molecule has 0 aromatic heterocycles. The van der Waals surface area contributed by atoms with E-state index in [2.05, 4.69) is 5.32 Å². The van der Waals surface area contributed by atoms with E-state index in [1.54, 1.807) is 44.4 Å². The molecule has 1 atom stereocenters. The van der Waals surface area contributed by atoms with Gasteiger partial charge in [0.2, 0.25) is 0 Å². The number of aliphatic carboxylic acids is 1. The van der Waals surface area contributed by atoms with Crippen LogP contribution in [0, 0.1) is 11.3 Å². The molecule has 2 N–H and O–H groups in total. The Morgan fingerprint density at radius 2 is 1.93 bits per heavy atom. The number of carbonyl (C=O) groups is 1. The first-order valence-corrected chi connectivity index (χ1v) is 8.71. The predicted molar refractivity (Wildman–Crippen MR) is 103 cm³/mol. The average molecular weight is 368 g/mol. The molecule has 0 saturated carbocycles. The third-order valence-electron chi connectivity index (χ3n) is 4.37. The van der Waals surface area contributed by atoms with Crippen LogP contribution >= 0.6 is 0 Å². The molecule has 0 spiro atoms. The molecule has 0 amide bonds. The molecule has 6 heteroatoms. The summed E-state index contributed by atoms with van der Waals surface area (Å²) in [5, 5.41) is 22.0. The molecule has 0 aliphatic rings. The van der Waals surface area contributed by atoms with Gasteiger partial charge in [0, 0.05) is 18.4 Å². The lowest BCUT2D eigenvalue weighted by Crippen LogP contribution is -2.41. The topological polar surface area (TPSA) is 91.6 Å². The fraction of sp³-hybridized carbons (Fsp3) is 0.333. The van der Waals surface area contributed by atoms with E-state index in [1.165, 1.54) is 0 Å². The standard InChI is InChI=1S/C21H24N2O4/c1-4-15-7-10-19(27-12-11-26-3)18(13-15)21(2,20(24)25)23-17-8-5-16(14-22)6-9-17/h5-10,13,23H,4,11-12H2,1-3H3,(H,24,25). The quantitative estimate of drug-likeness (QED) is 0.658. The van der Waals surface area contributed by atoms with Gasteiger partial charge in [-0.05, 0) is 55.3 Å². The molecular weight excluding hydrogens is 344 g/mol. The van der Waals surface area contributed by atoms with E-state index in [0.29, 0.717) is 35.8 Å². The third kappa shape index (κ3) is 4.78. The molecule has 0 radical (unpaired) electrons. The summed E-state index contributed by atoms with van der Waals surface area (Å²) in [5.74, 6) is -0.535. The first-order chi connectivity index (χ1) is 12.9. The number of benzene rings is 2. The van der Waals surface area contributed by atoms with Gasteiger partial charge in [-0.1, -0.05) is 13.0 Å². The van der Waals surface area contributed by atoms with Crippen LogP contribution in [0.15, 0.2) is 42.5 Å². The van der Waals surface area contributed by atoms with E-state index in [9.17, 15) is 9.90 Å². The molecule has 6 nitrogen and oxygen atoms in total. The number of nitrogens with zero attached hydrogens (tertiary/aromatic N) is 1. The third-order valence-corrected chi connectivity index (χ3v) is 4.37. The zero-order valence-corrected chi connectivity index (χ0v) is 15.8. The van der Waals surface area contributed by atoms with Gasteiger partial charge >= 0.3 is 5.97 Å². The zero-order chi connectivity index (χ0) is 19.9. The minimum absolute atomic E-state index is 0.321. The first-order valence-electron chi connectivity index (χ1n) is 8.71. The number of ether oxygens (including phenoxy) is 2. The summed E-state index contributed by atoms with van der Waals surface area (Å²) < 4.78 is 10.8. The van der Waals surface area contributed by atoms with Crippen LogP contribution in [0.4, 0.5) is 5.69 Å². The van der Waals surface area contributed by atoms with Gasteiger partial charge in [0.05, 0.1) is 18.2 Å². The summed E-state index contributed by atoms with van der Waals surface area (Å²) >= 11 is 0. The van der Waals surface area contributed by atoms with Crippen LogP contribution in [0.1, 0.15) is 30.5 Å². The van der Waals surface area contributed by atoms with Gasteiger partial charge < -0.3 is 19.9 Å². The van der Waals surface area contributed by atoms with Crippen LogP contribution in [0.5, 0.6) is 5.75 Å². The van der Waals surface area contributed by atoms with Crippen LogP contribution in [0.3, 0.4) is 0 Å². The Morgan fingerprint density at radius 1 is 1.22 bits per heavy atom. The number of carboxylic acid groups (broad SMARTS) is 1. The van der Waals surface area contributed by atoms with Crippen molar-refractivity contribution in [1.82, 2.24) is 0 Å². The highest BCUT2D eigenvalue weighted by molar-refractivity contribution is 5.85. The predicted octanol–water partition coefficient (Wildman–Crippen LogP) is 3.56. The molecule has 2 aromatic rings.